The van der Waals surface area contributed by atoms with Gasteiger partial charge in [-0.05, 0) is 49.2 Å². The fourth-order valence-electron chi connectivity index (χ4n) is 3.08. The van der Waals surface area contributed by atoms with Crippen molar-refractivity contribution in [2.45, 2.75) is 13.8 Å². The summed E-state index contributed by atoms with van der Waals surface area (Å²) in [5.74, 6) is 1.38. The van der Waals surface area contributed by atoms with Crippen molar-refractivity contribution in [3.05, 3.63) is 70.7 Å². The third kappa shape index (κ3) is 4.81. The molecule has 0 fully saturated rings. The van der Waals surface area contributed by atoms with Crippen LogP contribution in [0.1, 0.15) is 11.1 Å². The van der Waals surface area contributed by atoms with Crippen LogP contribution in [0.4, 0.5) is 0 Å². The molecule has 2 heterocycles. The minimum absolute atomic E-state index is 0.0591. The van der Waals surface area contributed by atoms with Crippen LogP contribution >= 0.6 is 11.6 Å². The summed E-state index contributed by atoms with van der Waals surface area (Å²) in [4.78, 5) is 12.1. The van der Waals surface area contributed by atoms with Gasteiger partial charge < -0.3 is 14.8 Å². The van der Waals surface area contributed by atoms with Crippen LogP contribution in [-0.4, -0.2) is 45.5 Å². The summed E-state index contributed by atoms with van der Waals surface area (Å²) in [7, 11) is 0. The molecule has 164 valence electrons. The van der Waals surface area contributed by atoms with Crippen molar-refractivity contribution in [2.75, 3.05) is 19.8 Å². The second-order valence-corrected chi connectivity index (χ2v) is 7.54. The second kappa shape index (κ2) is 9.65. The number of rotatable bonds is 8. The highest BCUT2D eigenvalue weighted by atomic mass is 35.5. The standard InChI is InChI=1S/C23H22ClN5O3/c1-15-6-5-9-19(16(15)2)32-14-21(30)25-12-13-31-22-11-10-20-26-27-23(29(20)28-22)17-7-3-4-8-18(17)24/h3-11H,12-14H2,1-2H3,(H,25,30). The Hall–Kier alpha value is -3.65. The Kier molecular flexibility index (Phi) is 6.51. The van der Waals surface area contributed by atoms with Gasteiger partial charge in [0.25, 0.3) is 5.91 Å². The first-order chi connectivity index (χ1) is 15.5. The van der Waals surface area contributed by atoms with Crippen molar-refractivity contribution in [1.82, 2.24) is 25.1 Å². The van der Waals surface area contributed by atoms with E-state index in [0.29, 0.717) is 34.7 Å². The highest BCUT2D eigenvalue weighted by Gasteiger charge is 2.13. The lowest BCUT2D eigenvalue weighted by Crippen LogP contribution is -2.32. The van der Waals surface area contributed by atoms with Gasteiger partial charge in [-0.1, -0.05) is 35.9 Å². The Morgan fingerprint density at radius 2 is 1.88 bits per heavy atom. The van der Waals surface area contributed by atoms with Crippen molar-refractivity contribution >= 4 is 23.2 Å². The van der Waals surface area contributed by atoms with Gasteiger partial charge in [0.05, 0.1) is 11.6 Å². The van der Waals surface area contributed by atoms with Crippen LogP contribution in [0.5, 0.6) is 11.6 Å². The summed E-state index contributed by atoms with van der Waals surface area (Å²) in [6.07, 6.45) is 0. The fourth-order valence-corrected chi connectivity index (χ4v) is 3.30. The van der Waals surface area contributed by atoms with Gasteiger partial charge in [-0.2, -0.15) is 4.52 Å². The van der Waals surface area contributed by atoms with Crippen LogP contribution in [0.2, 0.25) is 5.02 Å². The molecule has 0 aliphatic rings. The zero-order valence-electron chi connectivity index (χ0n) is 17.7. The van der Waals surface area contributed by atoms with Gasteiger partial charge in [-0.3, -0.25) is 4.79 Å². The number of nitrogens with one attached hydrogen (secondary N) is 1. The number of fused-ring (bicyclic) bond motifs is 1. The van der Waals surface area contributed by atoms with E-state index in [1.165, 1.54) is 0 Å². The number of hydrogen-bond acceptors (Lipinski definition) is 6. The Balaban J connectivity index is 1.31. The molecule has 32 heavy (non-hydrogen) atoms. The molecule has 1 amide bonds. The largest absolute Gasteiger partial charge is 0.483 e. The number of aryl methyl sites for hydroxylation is 1. The average molecular weight is 452 g/mol. The molecular formula is C23H22ClN5O3. The summed E-state index contributed by atoms with van der Waals surface area (Å²) in [5.41, 5.74) is 3.44. The number of carbonyl (C=O) groups excluding carboxylic acids is 1. The number of ether oxygens (including phenoxy) is 2. The molecule has 0 saturated heterocycles. The molecule has 0 saturated carbocycles. The number of amides is 1. The molecule has 1 N–H and O–H groups in total. The molecule has 0 spiro atoms. The van der Waals surface area contributed by atoms with Crippen LogP contribution in [0.15, 0.2) is 54.6 Å². The van der Waals surface area contributed by atoms with Crippen molar-refractivity contribution < 1.29 is 14.3 Å². The summed E-state index contributed by atoms with van der Waals surface area (Å²) < 4.78 is 12.9. The SMILES string of the molecule is Cc1cccc(OCC(=O)NCCOc2ccc3nnc(-c4ccccc4Cl)n3n2)c1C. The quantitative estimate of drug-likeness (QED) is 0.411. The molecule has 2 aromatic carbocycles. The van der Waals surface area contributed by atoms with E-state index in [-0.39, 0.29) is 19.1 Å². The molecule has 0 bridgehead atoms. The molecule has 0 aliphatic heterocycles. The molecular weight excluding hydrogens is 430 g/mol. The van der Waals surface area contributed by atoms with Gasteiger partial charge in [-0.15, -0.1) is 15.3 Å². The maximum Gasteiger partial charge on any atom is 0.258 e. The van der Waals surface area contributed by atoms with Gasteiger partial charge in [0.15, 0.2) is 18.1 Å². The maximum absolute atomic E-state index is 12.1. The van der Waals surface area contributed by atoms with Crippen molar-refractivity contribution in [1.29, 1.82) is 0 Å². The summed E-state index contributed by atoms with van der Waals surface area (Å²) in [6.45, 7) is 4.47. The first-order valence-corrected chi connectivity index (χ1v) is 10.5. The lowest BCUT2D eigenvalue weighted by molar-refractivity contribution is -0.123. The van der Waals surface area contributed by atoms with Crippen LogP contribution in [0.3, 0.4) is 0 Å². The monoisotopic (exact) mass is 451 g/mol. The van der Waals surface area contributed by atoms with E-state index in [4.69, 9.17) is 21.1 Å². The van der Waals surface area contributed by atoms with Gasteiger partial charge in [0.2, 0.25) is 5.88 Å². The summed E-state index contributed by atoms with van der Waals surface area (Å²) >= 11 is 6.28. The molecule has 0 radical (unpaired) electrons. The predicted octanol–water partition coefficient (Wildman–Crippen LogP) is 3.64. The van der Waals surface area contributed by atoms with Gasteiger partial charge in [0.1, 0.15) is 12.4 Å². The third-order valence-electron chi connectivity index (χ3n) is 4.94. The minimum Gasteiger partial charge on any atom is -0.483 e. The fraction of sp³-hybridized carbons (Fsp3) is 0.217. The smallest absolute Gasteiger partial charge is 0.258 e. The second-order valence-electron chi connectivity index (χ2n) is 7.13. The van der Waals surface area contributed by atoms with E-state index in [0.717, 1.165) is 16.7 Å². The average Bonchev–Trinajstić information content (AvgIpc) is 3.21. The van der Waals surface area contributed by atoms with E-state index < -0.39 is 0 Å². The molecule has 4 aromatic rings. The van der Waals surface area contributed by atoms with Crippen molar-refractivity contribution in [3.8, 4) is 23.0 Å². The van der Waals surface area contributed by atoms with Crippen LogP contribution in [0, 0.1) is 13.8 Å². The lowest BCUT2D eigenvalue weighted by Gasteiger charge is -2.11. The number of benzene rings is 2. The Labute approximate surface area is 190 Å². The highest BCUT2D eigenvalue weighted by Crippen LogP contribution is 2.26. The molecule has 0 aliphatic carbocycles. The predicted molar refractivity (Wildman–Crippen MR) is 121 cm³/mol. The number of halogens is 1. The van der Waals surface area contributed by atoms with Crippen molar-refractivity contribution in [2.24, 2.45) is 0 Å². The minimum atomic E-state index is -0.224. The highest BCUT2D eigenvalue weighted by molar-refractivity contribution is 6.33. The normalized spacial score (nSPS) is 10.8. The molecule has 9 heteroatoms. The van der Waals surface area contributed by atoms with Gasteiger partial charge in [0, 0.05) is 11.6 Å². The summed E-state index contributed by atoms with van der Waals surface area (Å²) in [6, 6.07) is 16.6. The number of carbonyl (C=O) groups is 1. The van der Waals surface area contributed by atoms with Gasteiger partial charge in [-0.25, -0.2) is 0 Å². The molecule has 0 unspecified atom stereocenters. The van der Waals surface area contributed by atoms with E-state index >= 15 is 0 Å². The van der Waals surface area contributed by atoms with Crippen LogP contribution < -0.4 is 14.8 Å². The topological polar surface area (TPSA) is 90.6 Å². The Morgan fingerprint density at radius 3 is 2.72 bits per heavy atom. The van der Waals surface area contributed by atoms with Crippen LogP contribution in [-0.2, 0) is 4.79 Å². The molecule has 2 aromatic heterocycles. The van der Waals surface area contributed by atoms with Crippen LogP contribution in [0.25, 0.3) is 17.0 Å². The number of hydrogen-bond donors (Lipinski definition) is 1. The lowest BCUT2D eigenvalue weighted by atomic mass is 10.1. The number of aromatic nitrogens is 4. The number of nitrogens with zero attached hydrogens (tertiary/aromatic N) is 4. The van der Waals surface area contributed by atoms with E-state index in [1.807, 2.05) is 50.2 Å². The summed E-state index contributed by atoms with van der Waals surface area (Å²) in [5, 5.41) is 16.1. The maximum atomic E-state index is 12.1. The molecule has 0 atom stereocenters. The van der Waals surface area contributed by atoms with E-state index in [1.54, 1.807) is 22.7 Å². The zero-order valence-corrected chi connectivity index (χ0v) is 18.5. The van der Waals surface area contributed by atoms with Gasteiger partial charge >= 0.3 is 0 Å². The Bertz CT molecular complexity index is 1260. The molecule has 4 rings (SSSR count). The Morgan fingerprint density at radius 1 is 1.03 bits per heavy atom. The first kappa shape index (κ1) is 21.6. The first-order valence-electron chi connectivity index (χ1n) is 10.1. The zero-order chi connectivity index (χ0) is 22.5. The molecule has 8 nitrogen and oxygen atoms in total. The third-order valence-corrected chi connectivity index (χ3v) is 5.27. The van der Waals surface area contributed by atoms with E-state index in [2.05, 4.69) is 20.6 Å². The van der Waals surface area contributed by atoms with Crippen molar-refractivity contribution in [3.63, 3.8) is 0 Å². The van der Waals surface area contributed by atoms with E-state index in [9.17, 15) is 4.79 Å².